The molecule has 2 rings (SSSR count). The van der Waals surface area contributed by atoms with Gasteiger partial charge in [0.15, 0.2) is 0 Å². The third kappa shape index (κ3) is 3.08. The monoisotopic (exact) mass is 242 g/mol. The van der Waals surface area contributed by atoms with Gasteiger partial charge in [-0.25, -0.2) is 4.98 Å². The first-order valence-electron chi connectivity index (χ1n) is 6.09. The van der Waals surface area contributed by atoms with Crippen molar-refractivity contribution >= 4 is 5.82 Å². The molecule has 0 aliphatic rings. The molecule has 0 spiro atoms. The second kappa shape index (κ2) is 5.65. The van der Waals surface area contributed by atoms with E-state index in [0.717, 1.165) is 17.1 Å². The standard InChI is InChI=1S/C15H18N2O/c1-12-7-6-10-15(16-12)17(13(2)18)11-14-8-4-3-5-9-14/h3-10,13,18H,11H2,1-2H3. The molecule has 1 atom stereocenters. The zero-order valence-electron chi connectivity index (χ0n) is 10.7. The smallest absolute Gasteiger partial charge is 0.131 e. The first kappa shape index (κ1) is 12.6. The number of aliphatic hydroxyl groups excluding tert-OH is 1. The van der Waals surface area contributed by atoms with Crippen LogP contribution in [-0.2, 0) is 6.54 Å². The van der Waals surface area contributed by atoms with Gasteiger partial charge in [-0.1, -0.05) is 36.4 Å². The minimum atomic E-state index is -0.570. The van der Waals surface area contributed by atoms with Gasteiger partial charge < -0.3 is 10.0 Å². The Kier molecular flexibility index (Phi) is 3.95. The Morgan fingerprint density at radius 1 is 1.11 bits per heavy atom. The van der Waals surface area contributed by atoms with Gasteiger partial charge in [0, 0.05) is 12.2 Å². The van der Waals surface area contributed by atoms with Crippen LogP contribution in [0.3, 0.4) is 0 Å². The summed E-state index contributed by atoms with van der Waals surface area (Å²) < 4.78 is 0. The minimum Gasteiger partial charge on any atom is -0.374 e. The number of aryl methyl sites for hydroxylation is 1. The Morgan fingerprint density at radius 3 is 2.44 bits per heavy atom. The predicted octanol–water partition coefficient (Wildman–Crippen LogP) is 2.73. The van der Waals surface area contributed by atoms with Crippen molar-refractivity contribution in [3.8, 4) is 0 Å². The van der Waals surface area contributed by atoms with E-state index in [0.29, 0.717) is 6.54 Å². The average Bonchev–Trinajstić information content (AvgIpc) is 2.37. The molecular weight excluding hydrogens is 224 g/mol. The van der Waals surface area contributed by atoms with Crippen LogP contribution >= 0.6 is 0 Å². The summed E-state index contributed by atoms with van der Waals surface area (Å²) in [5.41, 5.74) is 2.10. The fraction of sp³-hybridized carbons (Fsp3) is 0.267. The number of hydrogen-bond donors (Lipinski definition) is 1. The van der Waals surface area contributed by atoms with E-state index in [-0.39, 0.29) is 0 Å². The largest absolute Gasteiger partial charge is 0.374 e. The van der Waals surface area contributed by atoms with Crippen molar-refractivity contribution in [3.05, 3.63) is 59.8 Å². The normalized spacial score (nSPS) is 12.2. The maximum Gasteiger partial charge on any atom is 0.131 e. The number of aromatic nitrogens is 1. The van der Waals surface area contributed by atoms with E-state index in [1.807, 2.05) is 60.4 Å². The minimum absolute atomic E-state index is 0.570. The van der Waals surface area contributed by atoms with Gasteiger partial charge in [-0.3, -0.25) is 0 Å². The van der Waals surface area contributed by atoms with Crippen molar-refractivity contribution in [3.63, 3.8) is 0 Å². The van der Waals surface area contributed by atoms with E-state index < -0.39 is 6.23 Å². The van der Waals surface area contributed by atoms with E-state index in [4.69, 9.17) is 0 Å². The highest BCUT2D eigenvalue weighted by molar-refractivity contribution is 5.40. The van der Waals surface area contributed by atoms with E-state index in [1.165, 1.54) is 0 Å². The number of nitrogens with zero attached hydrogens (tertiary/aromatic N) is 2. The van der Waals surface area contributed by atoms with E-state index in [9.17, 15) is 5.11 Å². The number of hydrogen-bond acceptors (Lipinski definition) is 3. The summed E-state index contributed by atoms with van der Waals surface area (Å²) >= 11 is 0. The van der Waals surface area contributed by atoms with E-state index in [1.54, 1.807) is 6.92 Å². The Morgan fingerprint density at radius 2 is 1.83 bits per heavy atom. The van der Waals surface area contributed by atoms with E-state index >= 15 is 0 Å². The van der Waals surface area contributed by atoms with Crippen LogP contribution in [0.4, 0.5) is 5.82 Å². The molecule has 3 heteroatoms. The molecule has 0 saturated carbocycles. The predicted molar refractivity (Wildman–Crippen MR) is 73.3 cm³/mol. The molecule has 0 radical (unpaired) electrons. The average molecular weight is 242 g/mol. The molecule has 2 aromatic rings. The second-order valence-corrected chi connectivity index (χ2v) is 4.38. The summed E-state index contributed by atoms with van der Waals surface area (Å²) in [7, 11) is 0. The fourth-order valence-corrected chi connectivity index (χ4v) is 1.87. The molecule has 1 aromatic heterocycles. The molecule has 1 N–H and O–H groups in total. The van der Waals surface area contributed by atoms with Crippen LogP contribution < -0.4 is 4.90 Å². The van der Waals surface area contributed by atoms with Crippen molar-refractivity contribution in [2.45, 2.75) is 26.6 Å². The molecule has 0 aliphatic carbocycles. The van der Waals surface area contributed by atoms with Gasteiger partial charge >= 0.3 is 0 Å². The number of benzene rings is 1. The van der Waals surface area contributed by atoms with Crippen molar-refractivity contribution in [2.24, 2.45) is 0 Å². The lowest BCUT2D eigenvalue weighted by Gasteiger charge is -2.27. The van der Waals surface area contributed by atoms with Gasteiger partial charge in [-0.15, -0.1) is 0 Å². The first-order valence-corrected chi connectivity index (χ1v) is 6.09. The van der Waals surface area contributed by atoms with Crippen LogP contribution in [0.15, 0.2) is 48.5 Å². The summed E-state index contributed by atoms with van der Waals surface area (Å²) in [5.74, 6) is 0.800. The molecule has 3 nitrogen and oxygen atoms in total. The number of pyridine rings is 1. The van der Waals surface area contributed by atoms with Gasteiger partial charge in [0.05, 0.1) is 0 Å². The Labute approximate surface area is 108 Å². The van der Waals surface area contributed by atoms with Gasteiger partial charge in [0.1, 0.15) is 12.0 Å². The number of aliphatic hydroxyl groups is 1. The molecule has 0 aliphatic heterocycles. The highest BCUT2D eigenvalue weighted by Crippen LogP contribution is 2.17. The van der Waals surface area contributed by atoms with Crippen LogP contribution in [-0.4, -0.2) is 16.3 Å². The fourth-order valence-electron chi connectivity index (χ4n) is 1.87. The molecular formula is C15H18N2O. The summed E-state index contributed by atoms with van der Waals surface area (Å²) in [6.07, 6.45) is -0.570. The van der Waals surface area contributed by atoms with Gasteiger partial charge in [-0.05, 0) is 31.5 Å². The Bertz CT molecular complexity index is 497. The molecule has 94 valence electrons. The molecule has 0 saturated heterocycles. The highest BCUT2D eigenvalue weighted by atomic mass is 16.3. The lowest BCUT2D eigenvalue weighted by Crippen LogP contribution is -2.33. The summed E-state index contributed by atoms with van der Waals surface area (Å²) in [4.78, 5) is 6.33. The highest BCUT2D eigenvalue weighted by Gasteiger charge is 2.13. The van der Waals surface area contributed by atoms with Crippen molar-refractivity contribution in [1.29, 1.82) is 0 Å². The van der Waals surface area contributed by atoms with Crippen molar-refractivity contribution < 1.29 is 5.11 Å². The zero-order chi connectivity index (χ0) is 13.0. The van der Waals surface area contributed by atoms with E-state index in [2.05, 4.69) is 4.98 Å². The Hall–Kier alpha value is -1.87. The lowest BCUT2D eigenvalue weighted by molar-refractivity contribution is 0.185. The topological polar surface area (TPSA) is 36.4 Å². The molecule has 1 unspecified atom stereocenters. The summed E-state index contributed by atoms with van der Waals surface area (Å²) in [6, 6.07) is 15.9. The van der Waals surface area contributed by atoms with Crippen LogP contribution in [0.1, 0.15) is 18.2 Å². The van der Waals surface area contributed by atoms with Gasteiger partial charge in [-0.2, -0.15) is 0 Å². The van der Waals surface area contributed by atoms with Crippen LogP contribution in [0, 0.1) is 6.92 Å². The maximum absolute atomic E-state index is 9.90. The van der Waals surface area contributed by atoms with Crippen molar-refractivity contribution in [1.82, 2.24) is 4.98 Å². The molecule has 1 aromatic carbocycles. The summed E-state index contributed by atoms with van der Waals surface area (Å²) in [5, 5.41) is 9.90. The lowest BCUT2D eigenvalue weighted by atomic mass is 10.2. The van der Waals surface area contributed by atoms with Gasteiger partial charge in [0.25, 0.3) is 0 Å². The van der Waals surface area contributed by atoms with Crippen LogP contribution in [0.2, 0.25) is 0 Å². The molecule has 0 amide bonds. The first-order chi connectivity index (χ1) is 8.66. The van der Waals surface area contributed by atoms with Crippen LogP contribution in [0.25, 0.3) is 0 Å². The quantitative estimate of drug-likeness (QED) is 0.837. The maximum atomic E-state index is 9.90. The molecule has 0 bridgehead atoms. The summed E-state index contributed by atoms with van der Waals surface area (Å²) in [6.45, 7) is 4.36. The Balaban J connectivity index is 2.24. The third-order valence-electron chi connectivity index (χ3n) is 2.81. The third-order valence-corrected chi connectivity index (χ3v) is 2.81. The molecule has 1 heterocycles. The number of anilines is 1. The number of rotatable bonds is 4. The van der Waals surface area contributed by atoms with Crippen molar-refractivity contribution in [2.75, 3.05) is 4.90 Å². The van der Waals surface area contributed by atoms with Gasteiger partial charge in [0.2, 0.25) is 0 Å². The zero-order valence-corrected chi connectivity index (χ0v) is 10.7. The SMILES string of the molecule is Cc1cccc(N(Cc2ccccc2)C(C)O)n1. The molecule has 0 fully saturated rings. The van der Waals surface area contributed by atoms with Crippen LogP contribution in [0.5, 0.6) is 0 Å². The molecule has 18 heavy (non-hydrogen) atoms. The second-order valence-electron chi connectivity index (χ2n) is 4.38.